The van der Waals surface area contributed by atoms with Gasteiger partial charge >= 0.3 is 5.97 Å². The Morgan fingerprint density at radius 3 is 2.79 bits per heavy atom. The van der Waals surface area contributed by atoms with Crippen LogP contribution < -0.4 is 5.32 Å². The molecule has 0 spiro atoms. The van der Waals surface area contributed by atoms with Crippen LogP contribution in [-0.2, 0) is 14.3 Å². The predicted molar refractivity (Wildman–Crippen MR) is 70.5 cm³/mol. The lowest BCUT2D eigenvalue weighted by molar-refractivity contribution is -0.147. The van der Waals surface area contributed by atoms with Crippen LogP contribution in [0.2, 0.25) is 5.02 Å². The molecule has 1 N–H and O–H groups in total. The van der Waals surface area contributed by atoms with Crippen molar-refractivity contribution in [2.45, 2.75) is 26.2 Å². The topological polar surface area (TPSA) is 55.4 Å². The fourth-order valence-corrected chi connectivity index (χ4v) is 1.49. The lowest BCUT2D eigenvalue weighted by Crippen LogP contribution is -2.20. The Hall–Kier alpha value is -1.62. The van der Waals surface area contributed by atoms with Crippen LogP contribution in [0.4, 0.5) is 10.1 Å². The Labute approximate surface area is 115 Å². The summed E-state index contributed by atoms with van der Waals surface area (Å²) in [4.78, 5) is 22.6. The van der Waals surface area contributed by atoms with E-state index in [1.165, 1.54) is 12.1 Å². The summed E-state index contributed by atoms with van der Waals surface area (Å²) in [6.45, 7) is 1.59. The summed E-state index contributed by atoms with van der Waals surface area (Å²) < 4.78 is 17.7. The Morgan fingerprint density at radius 1 is 1.42 bits per heavy atom. The van der Waals surface area contributed by atoms with E-state index < -0.39 is 17.7 Å². The fourth-order valence-electron chi connectivity index (χ4n) is 1.31. The molecule has 6 heteroatoms. The highest BCUT2D eigenvalue weighted by molar-refractivity contribution is 6.31. The number of nitrogens with one attached hydrogen (secondary N) is 1. The number of carbonyl (C=O) groups excluding carboxylic acids is 2. The maximum atomic E-state index is 12.9. The minimum Gasteiger partial charge on any atom is -0.456 e. The van der Waals surface area contributed by atoms with Crippen molar-refractivity contribution in [1.82, 2.24) is 0 Å². The summed E-state index contributed by atoms with van der Waals surface area (Å²) in [6.07, 6.45) is 1.91. The van der Waals surface area contributed by atoms with Crippen molar-refractivity contribution < 1.29 is 18.7 Å². The van der Waals surface area contributed by atoms with Gasteiger partial charge in [-0.3, -0.25) is 9.59 Å². The smallest absolute Gasteiger partial charge is 0.306 e. The van der Waals surface area contributed by atoms with Gasteiger partial charge in [-0.05, 0) is 24.6 Å². The van der Waals surface area contributed by atoms with Crippen LogP contribution in [-0.4, -0.2) is 18.5 Å². The molecule has 0 radical (unpaired) electrons. The number of carbonyl (C=O) groups is 2. The maximum Gasteiger partial charge on any atom is 0.306 e. The zero-order valence-electron chi connectivity index (χ0n) is 10.5. The Balaban J connectivity index is 2.38. The first-order chi connectivity index (χ1) is 9.02. The molecule has 0 saturated heterocycles. The van der Waals surface area contributed by atoms with E-state index in [9.17, 15) is 14.0 Å². The van der Waals surface area contributed by atoms with Crippen LogP contribution >= 0.6 is 11.6 Å². The third-order valence-corrected chi connectivity index (χ3v) is 2.59. The van der Waals surface area contributed by atoms with Gasteiger partial charge < -0.3 is 10.1 Å². The van der Waals surface area contributed by atoms with E-state index in [0.29, 0.717) is 12.1 Å². The number of esters is 1. The lowest BCUT2D eigenvalue weighted by Gasteiger charge is -2.07. The van der Waals surface area contributed by atoms with Crippen molar-refractivity contribution in [2.24, 2.45) is 0 Å². The van der Waals surface area contributed by atoms with Crippen LogP contribution in [0, 0.1) is 5.82 Å². The highest BCUT2D eigenvalue weighted by atomic mass is 35.5. The molecule has 1 rings (SSSR count). The van der Waals surface area contributed by atoms with Gasteiger partial charge in [-0.1, -0.05) is 24.9 Å². The summed E-state index contributed by atoms with van der Waals surface area (Å²) >= 11 is 5.57. The zero-order chi connectivity index (χ0) is 14.3. The van der Waals surface area contributed by atoms with Crippen molar-refractivity contribution in [2.75, 3.05) is 11.9 Å². The van der Waals surface area contributed by atoms with Gasteiger partial charge in [-0.15, -0.1) is 0 Å². The van der Waals surface area contributed by atoms with E-state index >= 15 is 0 Å². The summed E-state index contributed by atoms with van der Waals surface area (Å²) in [7, 11) is 0. The van der Waals surface area contributed by atoms with Crippen LogP contribution in [0.5, 0.6) is 0 Å². The first-order valence-corrected chi connectivity index (χ1v) is 6.31. The van der Waals surface area contributed by atoms with Crippen LogP contribution in [0.1, 0.15) is 26.2 Å². The molecule has 1 aromatic rings. The standard InChI is InChI=1S/C13H15ClFNO3/c1-2-3-4-13(18)19-8-12(17)16-9-5-6-11(15)10(14)7-9/h5-7H,2-4,8H2,1H3,(H,16,17). The van der Waals surface area contributed by atoms with Gasteiger partial charge in [0.1, 0.15) is 5.82 Å². The normalized spacial score (nSPS) is 10.1. The third-order valence-electron chi connectivity index (χ3n) is 2.30. The molecule has 0 saturated carbocycles. The van der Waals surface area contributed by atoms with Gasteiger partial charge in [0.2, 0.25) is 0 Å². The molecule has 0 unspecified atom stereocenters. The molecule has 0 atom stereocenters. The van der Waals surface area contributed by atoms with E-state index in [2.05, 4.69) is 5.32 Å². The van der Waals surface area contributed by atoms with Crippen molar-refractivity contribution >= 4 is 29.2 Å². The summed E-state index contributed by atoms with van der Waals surface area (Å²) in [5.74, 6) is -1.47. The number of amides is 1. The van der Waals surface area contributed by atoms with Gasteiger partial charge in [-0.2, -0.15) is 0 Å². The first-order valence-electron chi connectivity index (χ1n) is 5.93. The first kappa shape index (κ1) is 15.4. The lowest BCUT2D eigenvalue weighted by atomic mass is 10.2. The molecule has 19 heavy (non-hydrogen) atoms. The average Bonchev–Trinajstić information content (AvgIpc) is 2.38. The molecule has 0 aliphatic carbocycles. The minimum atomic E-state index is -0.564. The molecule has 4 nitrogen and oxygen atoms in total. The molecule has 0 aliphatic heterocycles. The fraction of sp³-hybridized carbons (Fsp3) is 0.385. The third kappa shape index (κ3) is 5.70. The van der Waals surface area contributed by atoms with Crippen LogP contribution in [0.3, 0.4) is 0 Å². The number of anilines is 1. The van der Waals surface area contributed by atoms with Gasteiger partial charge in [0.25, 0.3) is 5.91 Å². The molecule has 0 aliphatic rings. The quantitative estimate of drug-likeness (QED) is 0.818. The Morgan fingerprint density at radius 2 is 2.16 bits per heavy atom. The van der Waals surface area contributed by atoms with Gasteiger partial charge in [-0.25, -0.2) is 4.39 Å². The van der Waals surface area contributed by atoms with E-state index in [4.69, 9.17) is 16.3 Å². The molecular formula is C13H15ClFNO3. The van der Waals surface area contributed by atoms with Crippen molar-refractivity contribution in [1.29, 1.82) is 0 Å². The van der Waals surface area contributed by atoms with Crippen LogP contribution in [0.25, 0.3) is 0 Å². The molecule has 0 heterocycles. The van der Waals surface area contributed by atoms with Gasteiger partial charge in [0, 0.05) is 12.1 Å². The highest BCUT2D eigenvalue weighted by Gasteiger charge is 2.08. The number of halogens is 2. The van der Waals surface area contributed by atoms with Crippen molar-refractivity contribution in [3.8, 4) is 0 Å². The van der Waals surface area contributed by atoms with Gasteiger partial charge in [0.05, 0.1) is 5.02 Å². The van der Waals surface area contributed by atoms with E-state index in [1.807, 2.05) is 6.92 Å². The molecule has 1 amide bonds. The molecule has 1 aromatic carbocycles. The molecule has 0 bridgehead atoms. The number of hydrogen-bond donors (Lipinski definition) is 1. The second-order valence-electron chi connectivity index (χ2n) is 3.94. The van der Waals surface area contributed by atoms with Gasteiger partial charge in [0.15, 0.2) is 6.61 Å². The minimum absolute atomic E-state index is 0.0854. The number of benzene rings is 1. The second-order valence-corrected chi connectivity index (χ2v) is 4.35. The molecule has 0 aromatic heterocycles. The monoisotopic (exact) mass is 287 g/mol. The second kappa shape index (κ2) is 7.74. The molecule has 104 valence electrons. The van der Waals surface area contributed by atoms with Crippen molar-refractivity contribution in [3.05, 3.63) is 29.0 Å². The number of ether oxygens (including phenoxy) is 1. The number of hydrogen-bond acceptors (Lipinski definition) is 3. The summed E-state index contributed by atoms with van der Waals surface area (Å²) in [6, 6.07) is 3.80. The Kier molecular flexibility index (Phi) is 6.29. The maximum absolute atomic E-state index is 12.9. The van der Waals surface area contributed by atoms with E-state index in [0.717, 1.165) is 18.9 Å². The average molecular weight is 288 g/mol. The van der Waals surface area contributed by atoms with Crippen LogP contribution in [0.15, 0.2) is 18.2 Å². The number of rotatable bonds is 6. The molecule has 0 fully saturated rings. The SMILES string of the molecule is CCCCC(=O)OCC(=O)Nc1ccc(F)c(Cl)c1. The highest BCUT2D eigenvalue weighted by Crippen LogP contribution is 2.19. The van der Waals surface area contributed by atoms with E-state index in [1.54, 1.807) is 0 Å². The summed E-state index contributed by atoms with van der Waals surface area (Å²) in [5.41, 5.74) is 0.348. The number of unbranched alkanes of at least 4 members (excludes halogenated alkanes) is 1. The summed E-state index contributed by atoms with van der Waals surface area (Å²) in [5, 5.41) is 2.37. The Bertz CT molecular complexity index is 465. The molecular weight excluding hydrogens is 273 g/mol. The predicted octanol–water partition coefficient (Wildman–Crippen LogP) is 3.15. The zero-order valence-corrected chi connectivity index (χ0v) is 11.3. The largest absolute Gasteiger partial charge is 0.456 e. The van der Waals surface area contributed by atoms with Crippen molar-refractivity contribution in [3.63, 3.8) is 0 Å². The van der Waals surface area contributed by atoms with E-state index in [-0.39, 0.29) is 11.6 Å².